The van der Waals surface area contributed by atoms with Gasteiger partial charge >= 0.3 is 0 Å². The van der Waals surface area contributed by atoms with Crippen molar-refractivity contribution in [3.05, 3.63) is 70.2 Å². The van der Waals surface area contributed by atoms with Gasteiger partial charge in [-0.3, -0.25) is 15.0 Å². The van der Waals surface area contributed by atoms with Crippen LogP contribution in [0.4, 0.5) is 0 Å². The maximum Gasteiger partial charge on any atom is 0.269 e. The number of β-lactam (4-membered cyclic amide) rings is 1. The van der Waals surface area contributed by atoms with E-state index in [4.69, 9.17) is 0 Å². The molecule has 4 rings (SSSR count). The highest BCUT2D eigenvalue weighted by molar-refractivity contribution is 9.10. The van der Waals surface area contributed by atoms with Crippen molar-refractivity contribution in [3.8, 4) is 0 Å². The number of halogens is 1. The summed E-state index contributed by atoms with van der Waals surface area (Å²) >= 11 is 3.47. The molecule has 1 N–H and O–H groups in total. The molecule has 0 bridgehead atoms. The van der Waals surface area contributed by atoms with E-state index in [0.29, 0.717) is 5.56 Å². The van der Waals surface area contributed by atoms with E-state index in [1.807, 2.05) is 42.5 Å². The lowest BCUT2D eigenvalue weighted by molar-refractivity contribution is -0.184. The van der Waals surface area contributed by atoms with Gasteiger partial charge in [-0.15, -0.1) is 0 Å². The quantitative estimate of drug-likeness (QED) is 0.747. The highest BCUT2D eigenvalue weighted by Crippen LogP contribution is 2.57. The zero-order valence-electron chi connectivity index (χ0n) is 14.5. The topological polar surface area (TPSA) is 49.4 Å². The molecule has 4 nitrogen and oxygen atoms in total. The van der Waals surface area contributed by atoms with Gasteiger partial charge in [-0.05, 0) is 42.7 Å². The normalized spacial score (nSPS) is 21.3. The van der Waals surface area contributed by atoms with Gasteiger partial charge in [0.2, 0.25) is 5.91 Å². The lowest BCUT2D eigenvalue weighted by Crippen LogP contribution is -2.69. The number of carbonyl (C=O) groups is 2. The van der Waals surface area contributed by atoms with E-state index in [1.165, 1.54) is 6.42 Å². The number of amides is 2. The second kappa shape index (κ2) is 6.88. The Morgan fingerprint density at radius 3 is 2.31 bits per heavy atom. The van der Waals surface area contributed by atoms with E-state index in [0.717, 1.165) is 35.7 Å². The summed E-state index contributed by atoms with van der Waals surface area (Å²) in [7, 11) is 0. The molecule has 2 amide bonds. The van der Waals surface area contributed by atoms with Crippen LogP contribution in [-0.2, 0) is 4.79 Å². The molecule has 26 heavy (non-hydrogen) atoms. The molecule has 0 aromatic heterocycles. The number of hydrazine groups is 1. The Hall–Kier alpha value is -2.14. The molecule has 2 fully saturated rings. The van der Waals surface area contributed by atoms with E-state index in [9.17, 15) is 9.59 Å². The average Bonchev–Trinajstić information content (AvgIpc) is 2.70. The molecule has 1 unspecified atom stereocenters. The smallest absolute Gasteiger partial charge is 0.269 e. The summed E-state index contributed by atoms with van der Waals surface area (Å²) in [4.78, 5) is 25.6. The summed E-state index contributed by atoms with van der Waals surface area (Å²) in [6.07, 6.45) is 5.10. The third-order valence-electron chi connectivity index (χ3n) is 5.62. The van der Waals surface area contributed by atoms with Crippen LogP contribution in [0.15, 0.2) is 59.1 Å². The maximum absolute atomic E-state index is 13.1. The van der Waals surface area contributed by atoms with Crippen molar-refractivity contribution < 1.29 is 9.59 Å². The minimum atomic E-state index is -0.365. The summed E-state index contributed by atoms with van der Waals surface area (Å²) in [5, 5.41) is 1.55. The van der Waals surface area contributed by atoms with E-state index in [-0.39, 0.29) is 23.3 Å². The molecular formula is C21H21BrN2O2. The van der Waals surface area contributed by atoms with Gasteiger partial charge in [0.15, 0.2) is 0 Å². The summed E-state index contributed by atoms with van der Waals surface area (Å²) in [6.45, 7) is 0. The summed E-state index contributed by atoms with van der Waals surface area (Å²) < 4.78 is 1.00. The Morgan fingerprint density at radius 2 is 1.65 bits per heavy atom. The minimum Gasteiger partial charge on any atom is -0.272 e. The standard InChI is InChI=1S/C21H21BrN2O2/c22-17-11-9-15(10-12-17)18-21(13-5-2-6-14-21)20(26)24(18)23-19(25)16-7-3-1-4-8-16/h1,3-4,7-12,18H,2,5-6,13-14H2,(H,23,25). The van der Waals surface area contributed by atoms with Gasteiger partial charge in [0, 0.05) is 10.0 Å². The predicted molar refractivity (Wildman–Crippen MR) is 103 cm³/mol. The third-order valence-corrected chi connectivity index (χ3v) is 6.14. The monoisotopic (exact) mass is 412 g/mol. The van der Waals surface area contributed by atoms with Gasteiger partial charge in [-0.1, -0.05) is 65.5 Å². The van der Waals surface area contributed by atoms with Gasteiger partial charge < -0.3 is 0 Å². The lowest BCUT2D eigenvalue weighted by Gasteiger charge is -2.57. The molecule has 134 valence electrons. The first-order valence-electron chi connectivity index (χ1n) is 9.07. The average molecular weight is 413 g/mol. The highest BCUT2D eigenvalue weighted by Gasteiger charge is 2.61. The summed E-state index contributed by atoms with van der Waals surface area (Å²) in [5.74, 6) is -0.193. The van der Waals surface area contributed by atoms with Crippen LogP contribution in [-0.4, -0.2) is 16.8 Å². The van der Waals surface area contributed by atoms with Crippen LogP contribution >= 0.6 is 15.9 Å². The van der Waals surface area contributed by atoms with Gasteiger partial charge in [-0.25, -0.2) is 5.01 Å². The Labute approximate surface area is 161 Å². The second-order valence-electron chi connectivity index (χ2n) is 7.15. The molecule has 1 saturated carbocycles. The largest absolute Gasteiger partial charge is 0.272 e. The van der Waals surface area contributed by atoms with Crippen LogP contribution in [0.5, 0.6) is 0 Å². The molecule has 2 aliphatic rings. The number of carbonyl (C=O) groups excluding carboxylic acids is 2. The van der Waals surface area contributed by atoms with Crippen molar-refractivity contribution >= 4 is 27.7 Å². The van der Waals surface area contributed by atoms with Crippen LogP contribution in [0.1, 0.15) is 54.1 Å². The molecular weight excluding hydrogens is 392 g/mol. The van der Waals surface area contributed by atoms with E-state index >= 15 is 0 Å². The van der Waals surface area contributed by atoms with Crippen LogP contribution in [0.2, 0.25) is 0 Å². The van der Waals surface area contributed by atoms with Crippen LogP contribution in [0.25, 0.3) is 0 Å². The highest BCUT2D eigenvalue weighted by atomic mass is 79.9. The fourth-order valence-electron chi connectivity index (χ4n) is 4.32. The third kappa shape index (κ3) is 2.84. The Balaban J connectivity index is 1.63. The first kappa shape index (κ1) is 17.3. The Morgan fingerprint density at radius 1 is 1.00 bits per heavy atom. The fraction of sp³-hybridized carbons (Fsp3) is 0.333. The molecule has 1 aliphatic carbocycles. The molecule has 1 aliphatic heterocycles. The zero-order chi connectivity index (χ0) is 18.1. The molecule has 2 aromatic carbocycles. The maximum atomic E-state index is 13.1. The number of nitrogens with zero attached hydrogens (tertiary/aromatic N) is 1. The van der Waals surface area contributed by atoms with Gasteiger partial charge in [0.25, 0.3) is 5.91 Å². The van der Waals surface area contributed by atoms with E-state index in [1.54, 1.807) is 17.1 Å². The molecule has 2 aromatic rings. The molecule has 1 heterocycles. The lowest BCUT2D eigenvalue weighted by atomic mass is 9.61. The zero-order valence-corrected chi connectivity index (χ0v) is 16.0. The first-order valence-corrected chi connectivity index (χ1v) is 9.86. The minimum absolute atomic E-state index is 0.0504. The van der Waals surface area contributed by atoms with Gasteiger partial charge in [-0.2, -0.15) is 0 Å². The number of hydrogen-bond acceptors (Lipinski definition) is 2. The fourth-order valence-corrected chi connectivity index (χ4v) is 4.58. The molecule has 1 atom stereocenters. The number of hydrogen-bond donors (Lipinski definition) is 1. The van der Waals surface area contributed by atoms with Gasteiger partial charge in [0.05, 0.1) is 11.5 Å². The first-order chi connectivity index (χ1) is 12.6. The SMILES string of the molecule is O=C(NN1C(=O)C2(CCCCC2)C1c1ccc(Br)cc1)c1ccccc1. The number of rotatable bonds is 3. The van der Waals surface area contributed by atoms with Crippen LogP contribution in [0.3, 0.4) is 0 Å². The molecule has 1 spiro atoms. The van der Waals surface area contributed by atoms with Crippen LogP contribution < -0.4 is 5.43 Å². The molecule has 1 saturated heterocycles. The number of nitrogens with one attached hydrogen (secondary N) is 1. The Bertz CT molecular complexity index is 814. The van der Waals surface area contributed by atoms with E-state index in [2.05, 4.69) is 21.4 Å². The summed E-state index contributed by atoms with van der Waals surface area (Å²) in [5.41, 5.74) is 4.11. The molecule has 5 heteroatoms. The van der Waals surface area contributed by atoms with E-state index < -0.39 is 0 Å². The van der Waals surface area contributed by atoms with Crippen molar-refractivity contribution in [1.29, 1.82) is 0 Å². The molecule has 0 radical (unpaired) electrons. The predicted octanol–water partition coefficient (Wildman–Crippen LogP) is 4.63. The van der Waals surface area contributed by atoms with Crippen molar-refractivity contribution in [2.24, 2.45) is 5.41 Å². The number of benzene rings is 2. The van der Waals surface area contributed by atoms with Crippen molar-refractivity contribution in [2.45, 2.75) is 38.1 Å². The van der Waals surface area contributed by atoms with Crippen molar-refractivity contribution in [2.75, 3.05) is 0 Å². The Kier molecular flexibility index (Phi) is 4.57. The van der Waals surface area contributed by atoms with Crippen molar-refractivity contribution in [3.63, 3.8) is 0 Å². The van der Waals surface area contributed by atoms with Crippen molar-refractivity contribution in [1.82, 2.24) is 10.4 Å². The van der Waals surface area contributed by atoms with Gasteiger partial charge in [0.1, 0.15) is 0 Å². The van der Waals surface area contributed by atoms with Crippen LogP contribution in [0, 0.1) is 5.41 Å². The summed E-state index contributed by atoms with van der Waals surface area (Å²) in [6, 6.07) is 17.0. The second-order valence-corrected chi connectivity index (χ2v) is 8.07.